The first-order valence-corrected chi connectivity index (χ1v) is 12.2. The number of carboxylic acid groups (broad SMARTS) is 1. The molecule has 0 saturated heterocycles. The number of aryl methyl sites for hydroxylation is 2. The van der Waals surface area contributed by atoms with Gasteiger partial charge >= 0.3 is 5.97 Å². The van der Waals surface area contributed by atoms with E-state index in [2.05, 4.69) is 5.32 Å². The largest absolute Gasteiger partial charge is 0.481 e. The molecule has 0 aliphatic heterocycles. The quantitative estimate of drug-likeness (QED) is 0.373. The minimum atomic E-state index is -0.811. The van der Waals surface area contributed by atoms with Crippen LogP contribution in [0.1, 0.15) is 56.8 Å². The second-order valence-corrected chi connectivity index (χ2v) is 9.43. The molecule has 0 radical (unpaired) electrons. The van der Waals surface area contributed by atoms with Crippen LogP contribution in [-0.2, 0) is 24.8 Å². The summed E-state index contributed by atoms with van der Waals surface area (Å²) in [6.45, 7) is 4.24. The van der Waals surface area contributed by atoms with Gasteiger partial charge in [0.05, 0.1) is 0 Å². The summed E-state index contributed by atoms with van der Waals surface area (Å²) in [6, 6.07) is 13.2. The van der Waals surface area contributed by atoms with Gasteiger partial charge in [-0.2, -0.15) is 0 Å². The molecule has 1 aliphatic rings. The van der Waals surface area contributed by atoms with E-state index in [0.717, 1.165) is 38.5 Å². The minimum Gasteiger partial charge on any atom is -0.481 e. The Kier molecular flexibility index (Phi) is 7.65. The molecular formula is C29H29ClN2O4. The van der Waals surface area contributed by atoms with Crippen molar-refractivity contribution in [2.75, 3.05) is 0 Å². The highest BCUT2D eigenvalue weighted by Gasteiger charge is 2.21. The number of hydrogen-bond acceptors (Lipinski definition) is 3. The summed E-state index contributed by atoms with van der Waals surface area (Å²) in [6.07, 6.45) is 7.21. The van der Waals surface area contributed by atoms with Crippen molar-refractivity contribution >= 4 is 35.6 Å². The zero-order valence-corrected chi connectivity index (χ0v) is 21.4. The Labute approximate surface area is 215 Å². The SMILES string of the molecule is Cc1cc(Oc2cccc(CNC(=O)c3c(C)c4c(n3C)C=CCC(Cl)=C4)c2)ccc1CCC(=O)O. The van der Waals surface area contributed by atoms with Gasteiger partial charge in [-0.3, -0.25) is 9.59 Å². The van der Waals surface area contributed by atoms with Crippen LogP contribution in [0.25, 0.3) is 12.2 Å². The van der Waals surface area contributed by atoms with E-state index >= 15 is 0 Å². The van der Waals surface area contributed by atoms with Gasteiger partial charge in [0.15, 0.2) is 0 Å². The van der Waals surface area contributed by atoms with Crippen molar-refractivity contribution in [1.29, 1.82) is 0 Å². The fourth-order valence-corrected chi connectivity index (χ4v) is 4.65. The molecule has 0 saturated carbocycles. The van der Waals surface area contributed by atoms with Crippen molar-refractivity contribution in [2.45, 2.75) is 39.7 Å². The van der Waals surface area contributed by atoms with Gasteiger partial charge in [-0.1, -0.05) is 35.9 Å². The van der Waals surface area contributed by atoms with E-state index < -0.39 is 5.97 Å². The van der Waals surface area contributed by atoms with Gasteiger partial charge in [0, 0.05) is 42.7 Å². The van der Waals surface area contributed by atoms with E-state index in [-0.39, 0.29) is 12.3 Å². The molecule has 7 heteroatoms. The predicted octanol–water partition coefficient (Wildman–Crippen LogP) is 6.38. The average Bonchev–Trinajstić information content (AvgIpc) is 2.96. The average molecular weight is 505 g/mol. The number of halogens is 1. The predicted molar refractivity (Wildman–Crippen MR) is 142 cm³/mol. The molecule has 1 aromatic heterocycles. The maximum atomic E-state index is 13.1. The number of nitrogens with one attached hydrogen (secondary N) is 1. The first-order chi connectivity index (χ1) is 17.2. The summed E-state index contributed by atoms with van der Waals surface area (Å²) >= 11 is 6.28. The van der Waals surface area contributed by atoms with Crippen LogP contribution >= 0.6 is 11.6 Å². The molecule has 1 aliphatic carbocycles. The maximum Gasteiger partial charge on any atom is 0.303 e. The van der Waals surface area contributed by atoms with E-state index in [9.17, 15) is 9.59 Å². The molecule has 6 nitrogen and oxygen atoms in total. The molecule has 1 amide bonds. The van der Waals surface area contributed by atoms with Crippen LogP contribution in [0.2, 0.25) is 0 Å². The Hall–Kier alpha value is -3.77. The van der Waals surface area contributed by atoms with Crippen LogP contribution in [0.5, 0.6) is 11.5 Å². The number of ether oxygens (including phenoxy) is 1. The molecule has 0 fully saturated rings. The third-order valence-electron chi connectivity index (χ3n) is 6.35. The van der Waals surface area contributed by atoms with Gasteiger partial charge in [0.1, 0.15) is 17.2 Å². The Morgan fingerprint density at radius 2 is 1.92 bits per heavy atom. The van der Waals surface area contributed by atoms with E-state index in [4.69, 9.17) is 21.4 Å². The number of aromatic nitrogens is 1. The van der Waals surface area contributed by atoms with Gasteiger partial charge < -0.3 is 19.7 Å². The number of amides is 1. The van der Waals surface area contributed by atoms with Gasteiger partial charge in [0.25, 0.3) is 5.91 Å². The van der Waals surface area contributed by atoms with Gasteiger partial charge in [0.2, 0.25) is 0 Å². The lowest BCUT2D eigenvalue weighted by Crippen LogP contribution is -2.25. The Morgan fingerprint density at radius 3 is 2.67 bits per heavy atom. The van der Waals surface area contributed by atoms with E-state index in [0.29, 0.717) is 36.6 Å². The number of benzene rings is 2. The van der Waals surface area contributed by atoms with Crippen LogP contribution < -0.4 is 10.1 Å². The highest BCUT2D eigenvalue weighted by Crippen LogP contribution is 2.30. The van der Waals surface area contributed by atoms with Gasteiger partial charge in [-0.25, -0.2) is 0 Å². The van der Waals surface area contributed by atoms with Crippen molar-refractivity contribution in [2.24, 2.45) is 7.05 Å². The fourth-order valence-electron chi connectivity index (χ4n) is 4.45. The summed E-state index contributed by atoms with van der Waals surface area (Å²) in [5.74, 6) is 0.369. The lowest BCUT2D eigenvalue weighted by Gasteiger charge is -2.12. The van der Waals surface area contributed by atoms with Crippen LogP contribution in [-0.4, -0.2) is 21.6 Å². The zero-order chi connectivity index (χ0) is 25.8. The summed E-state index contributed by atoms with van der Waals surface area (Å²) in [4.78, 5) is 23.9. The first-order valence-electron chi connectivity index (χ1n) is 11.8. The first kappa shape index (κ1) is 25.3. The fraction of sp³-hybridized carbons (Fsp3) is 0.241. The molecule has 36 heavy (non-hydrogen) atoms. The lowest BCUT2D eigenvalue weighted by molar-refractivity contribution is -0.136. The Bertz CT molecular complexity index is 1380. The highest BCUT2D eigenvalue weighted by molar-refractivity contribution is 6.31. The minimum absolute atomic E-state index is 0.0981. The van der Waals surface area contributed by atoms with E-state index in [1.54, 1.807) is 0 Å². The highest BCUT2D eigenvalue weighted by atomic mass is 35.5. The molecule has 3 aromatic rings. The monoisotopic (exact) mass is 504 g/mol. The molecule has 0 spiro atoms. The third kappa shape index (κ3) is 5.71. The number of nitrogens with zero attached hydrogens (tertiary/aromatic N) is 1. The number of carbonyl (C=O) groups excluding carboxylic acids is 1. The number of allylic oxidation sites excluding steroid dienone is 2. The number of carboxylic acids is 1. The molecule has 0 atom stereocenters. The van der Waals surface area contributed by atoms with Crippen molar-refractivity contribution in [3.8, 4) is 11.5 Å². The number of fused-ring (bicyclic) bond motifs is 1. The molecule has 0 bridgehead atoms. The number of hydrogen-bond donors (Lipinski definition) is 2. The second-order valence-electron chi connectivity index (χ2n) is 8.94. The molecule has 2 N–H and O–H groups in total. The Balaban J connectivity index is 1.44. The van der Waals surface area contributed by atoms with Crippen LogP contribution in [0.15, 0.2) is 53.6 Å². The Morgan fingerprint density at radius 1 is 1.14 bits per heavy atom. The molecule has 1 heterocycles. The second kappa shape index (κ2) is 10.9. The van der Waals surface area contributed by atoms with Crippen molar-refractivity contribution in [3.05, 3.63) is 92.8 Å². The van der Waals surface area contributed by atoms with Crippen LogP contribution in [0.3, 0.4) is 0 Å². The number of rotatable bonds is 8. The standard InChI is InChI=1S/C29H29ClN2O4/c1-18-14-24(12-10-21(18)11-13-27(33)34)36-23-8-4-6-20(15-23)17-31-29(35)28-19(2)25-16-22(30)7-5-9-26(25)32(28)3/h4-6,8-10,12,14-16H,7,11,13,17H2,1-3H3,(H,31,35)(H,33,34). The van der Waals surface area contributed by atoms with Crippen molar-refractivity contribution < 1.29 is 19.4 Å². The summed E-state index contributed by atoms with van der Waals surface area (Å²) < 4.78 is 7.93. The topological polar surface area (TPSA) is 80.6 Å². The van der Waals surface area contributed by atoms with Crippen LogP contribution in [0, 0.1) is 13.8 Å². The van der Waals surface area contributed by atoms with Crippen molar-refractivity contribution in [3.63, 3.8) is 0 Å². The lowest BCUT2D eigenvalue weighted by atomic mass is 10.0. The van der Waals surface area contributed by atoms with Crippen LogP contribution in [0.4, 0.5) is 0 Å². The summed E-state index contributed by atoms with van der Waals surface area (Å²) in [7, 11) is 1.89. The molecule has 4 rings (SSSR count). The number of carbonyl (C=O) groups is 2. The molecule has 2 aromatic carbocycles. The van der Waals surface area contributed by atoms with Gasteiger partial charge in [-0.15, -0.1) is 0 Å². The van der Waals surface area contributed by atoms with Gasteiger partial charge in [-0.05, 0) is 78.9 Å². The van der Waals surface area contributed by atoms with E-state index in [1.165, 1.54) is 0 Å². The molecular weight excluding hydrogens is 476 g/mol. The third-order valence-corrected chi connectivity index (χ3v) is 6.61. The normalized spacial score (nSPS) is 12.5. The van der Waals surface area contributed by atoms with E-state index in [1.807, 2.05) is 86.2 Å². The summed E-state index contributed by atoms with van der Waals surface area (Å²) in [5, 5.41) is 12.7. The number of aliphatic carboxylic acids is 1. The van der Waals surface area contributed by atoms with Crippen molar-refractivity contribution in [1.82, 2.24) is 9.88 Å². The molecule has 0 unspecified atom stereocenters. The summed E-state index contributed by atoms with van der Waals surface area (Å²) in [5.41, 5.74) is 6.33. The maximum absolute atomic E-state index is 13.1. The zero-order valence-electron chi connectivity index (χ0n) is 20.6. The smallest absolute Gasteiger partial charge is 0.303 e. The molecule has 186 valence electrons.